The standard InChI is InChI=1S/C8H11N3O4/c1-4-5(12)15-8-10-6(13-2)9-7(11-8)14-3/h4H2,1-3H3. The molecule has 0 unspecified atom stereocenters. The minimum Gasteiger partial charge on any atom is -0.467 e. The summed E-state index contributed by atoms with van der Waals surface area (Å²) in [7, 11) is 2.78. The molecule has 15 heavy (non-hydrogen) atoms. The summed E-state index contributed by atoms with van der Waals surface area (Å²) in [6.45, 7) is 1.66. The summed E-state index contributed by atoms with van der Waals surface area (Å²) in [6, 6.07) is -0.0768. The highest BCUT2D eigenvalue weighted by Crippen LogP contribution is 2.13. The fourth-order valence-corrected chi connectivity index (χ4v) is 0.723. The lowest BCUT2D eigenvalue weighted by Crippen LogP contribution is -2.10. The molecule has 1 aromatic rings. The summed E-state index contributed by atoms with van der Waals surface area (Å²) >= 11 is 0. The van der Waals surface area contributed by atoms with Crippen LogP contribution in [0.2, 0.25) is 0 Å². The normalized spacial score (nSPS) is 9.53. The van der Waals surface area contributed by atoms with Gasteiger partial charge in [-0.25, -0.2) is 0 Å². The molecule has 0 atom stereocenters. The molecule has 7 nitrogen and oxygen atoms in total. The Kier molecular flexibility index (Phi) is 3.78. The maximum absolute atomic E-state index is 11.0. The maximum atomic E-state index is 11.0. The smallest absolute Gasteiger partial charge is 0.333 e. The highest BCUT2D eigenvalue weighted by molar-refractivity contribution is 5.71. The first kappa shape index (κ1) is 11.2. The number of nitrogens with zero attached hydrogens (tertiary/aromatic N) is 3. The Morgan fingerprint density at radius 1 is 1.07 bits per heavy atom. The molecular weight excluding hydrogens is 202 g/mol. The summed E-state index contributed by atoms with van der Waals surface area (Å²) in [5.74, 6) is -0.440. The van der Waals surface area contributed by atoms with Crippen LogP contribution in [0.4, 0.5) is 0 Å². The quantitative estimate of drug-likeness (QED) is 0.660. The van der Waals surface area contributed by atoms with Gasteiger partial charge in [0.25, 0.3) is 0 Å². The van der Waals surface area contributed by atoms with Gasteiger partial charge in [0.15, 0.2) is 0 Å². The van der Waals surface area contributed by atoms with Crippen molar-refractivity contribution in [1.82, 2.24) is 15.0 Å². The Balaban J connectivity index is 2.91. The molecule has 0 aliphatic rings. The van der Waals surface area contributed by atoms with E-state index in [9.17, 15) is 4.79 Å². The van der Waals surface area contributed by atoms with Gasteiger partial charge in [0.05, 0.1) is 14.2 Å². The van der Waals surface area contributed by atoms with Gasteiger partial charge in [-0.05, 0) is 0 Å². The largest absolute Gasteiger partial charge is 0.467 e. The van der Waals surface area contributed by atoms with Crippen LogP contribution in [0, 0.1) is 0 Å². The zero-order valence-electron chi connectivity index (χ0n) is 8.68. The van der Waals surface area contributed by atoms with Crippen molar-refractivity contribution in [2.45, 2.75) is 13.3 Å². The lowest BCUT2D eigenvalue weighted by Gasteiger charge is -2.04. The molecule has 0 radical (unpaired) electrons. The fourth-order valence-electron chi connectivity index (χ4n) is 0.723. The molecule has 0 saturated heterocycles. The van der Waals surface area contributed by atoms with Gasteiger partial charge in [-0.1, -0.05) is 6.92 Å². The minimum absolute atomic E-state index is 0.0285. The Hall–Kier alpha value is -1.92. The number of hydrogen-bond donors (Lipinski definition) is 0. The van der Waals surface area contributed by atoms with Crippen molar-refractivity contribution in [3.05, 3.63) is 0 Å². The topological polar surface area (TPSA) is 83.4 Å². The zero-order chi connectivity index (χ0) is 11.3. The molecule has 1 rings (SSSR count). The van der Waals surface area contributed by atoms with Crippen LogP contribution < -0.4 is 14.2 Å². The van der Waals surface area contributed by atoms with Crippen LogP contribution in [0.25, 0.3) is 0 Å². The molecule has 0 amide bonds. The van der Waals surface area contributed by atoms with Gasteiger partial charge in [-0.15, -0.1) is 15.0 Å². The molecule has 0 aliphatic carbocycles. The molecule has 82 valence electrons. The Bertz CT molecular complexity index is 333. The van der Waals surface area contributed by atoms with Gasteiger partial charge in [0, 0.05) is 6.42 Å². The average Bonchev–Trinajstić information content (AvgIpc) is 2.28. The van der Waals surface area contributed by atoms with E-state index < -0.39 is 5.97 Å². The molecule has 0 bridgehead atoms. The van der Waals surface area contributed by atoms with Crippen LogP contribution in [0.3, 0.4) is 0 Å². The van der Waals surface area contributed by atoms with Crippen molar-refractivity contribution < 1.29 is 19.0 Å². The van der Waals surface area contributed by atoms with Crippen LogP contribution in [0.15, 0.2) is 0 Å². The molecule has 0 saturated carbocycles. The van der Waals surface area contributed by atoms with Crippen molar-refractivity contribution in [3.8, 4) is 18.0 Å². The first-order valence-electron chi connectivity index (χ1n) is 4.24. The molecule has 1 heterocycles. The number of esters is 1. The summed E-state index contributed by atoms with van der Waals surface area (Å²) in [5, 5.41) is 0. The molecule has 0 aromatic carbocycles. The maximum Gasteiger partial charge on any atom is 0.333 e. The summed E-state index contributed by atoms with van der Waals surface area (Å²) < 4.78 is 14.3. The first-order chi connectivity index (χ1) is 7.19. The molecule has 0 N–H and O–H groups in total. The molecule has 0 spiro atoms. The minimum atomic E-state index is -0.440. The van der Waals surface area contributed by atoms with Crippen molar-refractivity contribution in [3.63, 3.8) is 0 Å². The van der Waals surface area contributed by atoms with Crippen molar-refractivity contribution in [2.75, 3.05) is 14.2 Å². The van der Waals surface area contributed by atoms with Crippen LogP contribution >= 0.6 is 0 Å². The Morgan fingerprint density at radius 3 is 1.93 bits per heavy atom. The number of methoxy groups -OCH3 is 2. The number of aromatic nitrogens is 3. The number of carbonyl (C=O) groups excluding carboxylic acids is 1. The summed E-state index contributed by atoms with van der Waals surface area (Å²) in [4.78, 5) is 22.2. The number of rotatable bonds is 4. The number of hydrogen-bond acceptors (Lipinski definition) is 7. The van der Waals surface area contributed by atoms with E-state index in [4.69, 9.17) is 14.2 Å². The summed E-state index contributed by atoms with van der Waals surface area (Å²) in [6.07, 6.45) is 0.232. The third-order valence-corrected chi connectivity index (χ3v) is 1.43. The van der Waals surface area contributed by atoms with Crippen LogP contribution in [-0.4, -0.2) is 35.1 Å². The lowest BCUT2D eigenvalue weighted by molar-refractivity contribution is -0.134. The summed E-state index contributed by atoms with van der Waals surface area (Å²) in [5.41, 5.74) is 0. The third kappa shape index (κ3) is 3.04. The van der Waals surface area contributed by atoms with E-state index in [2.05, 4.69) is 15.0 Å². The van der Waals surface area contributed by atoms with E-state index in [-0.39, 0.29) is 24.5 Å². The van der Waals surface area contributed by atoms with E-state index in [0.29, 0.717) is 0 Å². The molecule has 7 heteroatoms. The lowest BCUT2D eigenvalue weighted by atomic mass is 10.5. The zero-order valence-corrected chi connectivity index (χ0v) is 8.68. The first-order valence-corrected chi connectivity index (χ1v) is 4.24. The Labute approximate surface area is 86.4 Å². The van der Waals surface area contributed by atoms with E-state index in [1.54, 1.807) is 6.92 Å². The third-order valence-electron chi connectivity index (χ3n) is 1.43. The van der Waals surface area contributed by atoms with Gasteiger partial charge in [-0.3, -0.25) is 4.79 Å². The molecule has 1 aromatic heterocycles. The molecule has 0 fully saturated rings. The van der Waals surface area contributed by atoms with Crippen molar-refractivity contribution in [1.29, 1.82) is 0 Å². The van der Waals surface area contributed by atoms with Crippen LogP contribution in [-0.2, 0) is 4.79 Å². The predicted molar refractivity (Wildman–Crippen MR) is 48.9 cm³/mol. The van der Waals surface area contributed by atoms with Crippen LogP contribution in [0.1, 0.15) is 13.3 Å². The van der Waals surface area contributed by atoms with Crippen molar-refractivity contribution in [2.24, 2.45) is 0 Å². The monoisotopic (exact) mass is 213 g/mol. The van der Waals surface area contributed by atoms with E-state index in [1.165, 1.54) is 14.2 Å². The molecular formula is C8H11N3O4. The van der Waals surface area contributed by atoms with E-state index in [1.807, 2.05) is 0 Å². The SMILES string of the molecule is CCC(=O)Oc1nc(OC)nc(OC)n1. The Morgan fingerprint density at radius 2 is 1.53 bits per heavy atom. The van der Waals surface area contributed by atoms with Gasteiger partial charge in [0.1, 0.15) is 0 Å². The van der Waals surface area contributed by atoms with E-state index in [0.717, 1.165) is 0 Å². The van der Waals surface area contributed by atoms with Gasteiger partial charge < -0.3 is 14.2 Å². The second-order valence-electron chi connectivity index (χ2n) is 2.42. The van der Waals surface area contributed by atoms with Crippen LogP contribution in [0.5, 0.6) is 18.0 Å². The van der Waals surface area contributed by atoms with Gasteiger partial charge >= 0.3 is 24.0 Å². The number of carbonyl (C=O) groups is 1. The second kappa shape index (κ2) is 5.08. The second-order valence-corrected chi connectivity index (χ2v) is 2.42. The molecule has 0 aliphatic heterocycles. The van der Waals surface area contributed by atoms with Gasteiger partial charge in [0.2, 0.25) is 0 Å². The van der Waals surface area contributed by atoms with E-state index >= 15 is 0 Å². The highest BCUT2D eigenvalue weighted by Gasteiger charge is 2.10. The van der Waals surface area contributed by atoms with Crippen molar-refractivity contribution >= 4 is 5.97 Å². The predicted octanol–water partition coefficient (Wildman–Crippen LogP) is 0.204. The van der Waals surface area contributed by atoms with Gasteiger partial charge in [-0.2, -0.15) is 0 Å². The average molecular weight is 213 g/mol. The number of ether oxygens (including phenoxy) is 3. The highest BCUT2D eigenvalue weighted by atomic mass is 16.6. The fraction of sp³-hybridized carbons (Fsp3) is 0.500.